The molecule has 17 heavy (non-hydrogen) atoms. The number of fused-ring (bicyclic) bond motifs is 1. The minimum absolute atomic E-state index is 0.0763. The van der Waals surface area contributed by atoms with Gasteiger partial charge in [0.15, 0.2) is 0 Å². The van der Waals surface area contributed by atoms with Gasteiger partial charge in [0.1, 0.15) is 11.9 Å². The summed E-state index contributed by atoms with van der Waals surface area (Å²) in [6.45, 7) is 2.12. The summed E-state index contributed by atoms with van der Waals surface area (Å²) in [7, 11) is 0. The molecule has 0 spiro atoms. The van der Waals surface area contributed by atoms with E-state index < -0.39 is 0 Å². The molecular formula is C14H15NOS. The molecule has 2 nitrogen and oxygen atoms in total. The summed E-state index contributed by atoms with van der Waals surface area (Å²) in [5.41, 5.74) is 7.33. The molecule has 0 amide bonds. The van der Waals surface area contributed by atoms with Crippen LogP contribution in [0.15, 0.2) is 36.4 Å². The normalized spacial score (nSPS) is 22.9. The quantitative estimate of drug-likeness (QED) is 0.833. The Morgan fingerprint density at radius 3 is 2.82 bits per heavy atom. The van der Waals surface area contributed by atoms with Gasteiger partial charge in [0.05, 0.1) is 0 Å². The van der Waals surface area contributed by atoms with E-state index in [4.69, 9.17) is 10.5 Å². The number of hydrogen-bond acceptors (Lipinski definition) is 3. The topological polar surface area (TPSA) is 35.2 Å². The first-order valence-electron chi connectivity index (χ1n) is 5.81. The maximum absolute atomic E-state index is 6.21. The van der Waals surface area contributed by atoms with E-state index in [-0.39, 0.29) is 12.1 Å². The summed E-state index contributed by atoms with van der Waals surface area (Å²) in [5, 5.41) is 0. The molecule has 2 atom stereocenters. The molecular weight excluding hydrogens is 230 g/mol. The molecule has 0 saturated heterocycles. The fourth-order valence-corrected chi connectivity index (χ4v) is 3.17. The van der Waals surface area contributed by atoms with Gasteiger partial charge in [-0.05, 0) is 25.1 Å². The minimum Gasteiger partial charge on any atom is -0.484 e. The van der Waals surface area contributed by atoms with Crippen LogP contribution in [0.3, 0.4) is 0 Å². The van der Waals surface area contributed by atoms with Crippen molar-refractivity contribution < 1.29 is 4.74 Å². The van der Waals surface area contributed by atoms with E-state index in [1.54, 1.807) is 11.3 Å². The van der Waals surface area contributed by atoms with Gasteiger partial charge in [0.25, 0.3) is 0 Å². The lowest BCUT2D eigenvalue weighted by Gasteiger charge is -2.29. The van der Waals surface area contributed by atoms with Crippen molar-refractivity contribution in [1.29, 1.82) is 0 Å². The van der Waals surface area contributed by atoms with Crippen molar-refractivity contribution in [2.24, 2.45) is 5.73 Å². The molecule has 1 unspecified atom stereocenters. The molecule has 0 radical (unpaired) electrons. The lowest BCUT2D eigenvalue weighted by molar-refractivity contribution is 0.165. The predicted molar refractivity (Wildman–Crippen MR) is 70.4 cm³/mol. The van der Waals surface area contributed by atoms with Gasteiger partial charge in [0, 0.05) is 27.8 Å². The third-order valence-corrected chi connectivity index (χ3v) is 4.23. The van der Waals surface area contributed by atoms with Crippen LogP contribution in [0.1, 0.15) is 33.9 Å². The zero-order chi connectivity index (χ0) is 11.8. The van der Waals surface area contributed by atoms with Gasteiger partial charge in [0.2, 0.25) is 0 Å². The van der Waals surface area contributed by atoms with Crippen LogP contribution in [0.5, 0.6) is 5.75 Å². The highest BCUT2D eigenvalue weighted by atomic mass is 32.1. The number of nitrogens with two attached hydrogens (primary N) is 1. The van der Waals surface area contributed by atoms with E-state index in [0.717, 1.165) is 17.7 Å². The Labute approximate surface area is 105 Å². The SMILES string of the molecule is Cc1ccc(C2C[C@@H](N)c3ccccc3O2)s1. The maximum Gasteiger partial charge on any atom is 0.135 e. The maximum atomic E-state index is 6.21. The van der Waals surface area contributed by atoms with Crippen molar-refractivity contribution >= 4 is 11.3 Å². The molecule has 1 aliphatic heterocycles. The number of aryl methyl sites for hydroxylation is 1. The van der Waals surface area contributed by atoms with Crippen molar-refractivity contribution in [3.8, 4) is 5.75 Å². The second-order valence-electron chi connectivity index (χ2n) is 4.43. The second kappa shape index (κ2) is 4.17. The van der Waals surface area contributed by atoms with Crippen molar-refractivity contribution in [3.05, 3.63) is 51.7 Å². The first-order chi connectivity index (χ1) is 8.24. The molecule has 3 rings (SSSR count). The Morgan fingerprint density at radius 2 is 2.06 bits per heavy atom. The summed E-state index contributed by atoms with van der Waals surface area (Å²) in [5.74, 6) is 0.933. The summed E-state index contributed by atoms with van der Waals surface area (Å²) >= 11 is 1.79. The van der Waals surface area contributed by atoms with E-state index in [1.165, 1.54) is 9.75 Å². The fourth-order valence-electron chi connectivity index (χ4n) is 2.25. The van der Waals surface area contributed by atoms with Crippen molar-refractivity contribution in [1.82, 2.24) is 0 Å². The zero-order valence-corrected chi connectivity index (χ0v) is 10.5. The van der Waals surface area contributed by atoms with Crippen LogP contribution in [-0.4, -0.2) is 0 Å². The van der Waals surface area contributed by atoms with Crippen molar-refractivity contribution in [2.45, 2.75) is 25.5 Å². The molecule has 2 aromatic rings. The van der Waals surface area contributed by atoms with Gasteiger partial charge in [-0.1, -0.05) is 18.2 Å². The van der Waals surface area contributed by atoms with E-state index >= 15 is 0 Å². The number of ether oxygens (including phenoxy) is 1. The van der Waals surface area contributed by atoms with Crippen LogP contribution in [-0.2, 0) is 0 Å². The van der Waals surface area contributed by atoms with E-state index in [9.17, 15) is 0 Å². The zero-order valence-electron chi connectivity index (χ0n) is 9.72. The molecule has 1 aromatic carbocycles. The first-order valence-corrected chi connectivity index (χ1v) is 6.63. The number of benzene rings is 1. The summed E-state index contributed by atoms with van der Waals surface area (Å²) in [6, 6.07) is 12.4. The molecule has 2 heterocycles. The van der Waals surface area contributed by atoms with E-state index in [1.807, 2.05) is 18.2 Å². The van der Waals surface area contributed by atoms with Crippen LogP contribution < -0.4 is 10.5 Å². The molecule has 0 saturated carbocycles. The summed E-state index contributed by atoms with van der Waals surface area (Å²) < 4.78 is 6.03. The van der Waals surface area contributed by atoms with Crippen molar-refractivity contribution in [2.75, 3.05) is 0 Å². The Kier molecular flexibility index (Phi) is 2.65. The van der Waals surface area contributed by atoms with Crippen LogP contribution in [0.4, 0.5) is 0 Å². The largest absolute Gasteiger partial charge is 0.484 e. The lowest BCUT2D eigenvalue weighted by atomic mass is 9.97. The van der Waals surface area contributed by atoms with Crippen LogP contribution in [0.25, 0.3) is 0 Å². The molecule has 88 valence electrons. The highest BCUT2D eigenvalue weighted by Gasteiger charge is 2.27. The summed E-state index contributed by atoms with van der Waals surface area (Å²) in [4.78, 5) is 2.59. The average Bonchev–Trinajstić information content (AvgIpc) is 2.76. The first kappa shape index (κ1) is 10.8. The molecule has 0 aliphatic carbocycles. The molecule has 3 heteroatoms. The Hall–Kier alpha value is -1.32. The third-order valence-electron chi connectivity index (χ3n) is 3.13. The minimum atomic E-state index is 0.0763. The van der Waals surface area contributed by atoms with Crippen molar-refractivity contribution in [3.63, 3.8) is 0 Å². The number of rotatable bonds is 1. The van der Waals surface area contributed by atoms with Gasteiger partial charge >= 0.3 is 0 Å². The molecule has 2 N–H and O–H groups in total. The number of thiophene rings is 1. The number of hydrogen-bond donors (Lipinski definition) is 1. The van der Waals surface area contributed by atoms with Crippen LogP contribution in [0, 0.1) is 6.92 Å². The number of para-hydroxylation sites is 1. The van der Waals surface area contributed by atoms with Crippen LogP contribution in [0.2, 0.25) is 0 Å². The highest BCUT2D eigenvalue weighted by molar-refractivity contribution is 7.12. The molecule has 1 aromatic heterocycles. The second-order valence-corrected chi connectivity index (χ2v) is 5.75. The third kappa shape index (κ3) is 1.96. The Bertz CT molecular complexity index is 535. The van der Waals surface area contributed by atoms with Gasteiger partial charge in [-0.15, -0.1) is 11.3 Å². The summed E-state index contributed by atoms with van der Waals surface area (Å²) in [6.07, 6.45) is 0.968. The monoisotopic (exact) mass is 245 g/mol. The standard InChI is InChI=1S/C14H15NOS/c1-9-6-7-14(17-9)13-8-11(15)10-4-2-3-5-12(10)16-13/h2-7,11,13H,8,15H2,1H3/t11-,13?/m1/s1. The fraction of sp³-hybridized carbons (Fsp3) is 0.286. The predicted octanol–water partition coefficient (Wildman–Crippen LogP) is 3.58. The molecule has 0 bridgehead atoms. The Morgan fingerprint density at radius 1 is 1.24 bits per heavy atom. The van der Waals surface area contributed by atoms with Gasteiger partial charge < -0.3 is 10.5 Å². The highest BCUT2D eigenvalue weighted by Crippen LogP contribution is 2.41. The van der Waals surface area contributed by atoms with Gasteiger partial charge in [-0.2, -0.15) is 0 Å². The molecule has 0 fully saturated rings. The van der Waals surface area contributed by atoms with E-state index in [2.05, 4.69) is 25.1 Å². The Balaban J connectivity index is 1.93. The van der Waals surface area contributed by atoms with Gasteiger partial charge in [-0.25, -0.2) is 0 Å². The average molecular weight is 245 g/mol. The molecule has 1 aliphatic rings. The van der Waals surface area contributed by atoms with Gasteiger partial charge in [-0.3, -0.25) is 0 Å². The lowest BCUT2D eigenvalue weighted by Crippen LogP contribution is -2.23. The van der Waals surface area contributed by atoms with Crippen LogP contribution >= 0.6 is 11.3 Å². The van der Waals surface area contributed by atoms with E-state index in [0.29, 0.717) is 0 Å². The smallest absolute Gasteiger partial charge is 0.135 e.